The van der Waals surface area contributed by atoms with Gasteiger partial charge < -0.3 is 5.32 Å². The van der Waals surface area contributed by atoms with E-state index < -0.39 is 5.25 Å². The summed E-state index contributed by atoms with van der Waals surface area (Å²) < 4.78 is 0.643. The lowest BCUT2D eigenvalue weighted by Gasteiger charge is -2.17. The van der Waals surface area contributed by atoms with E-state index in [1.807, 2.05) is 6.92 Å². The number of anilines is 2. The first-order chi connectivity index (χ1) is 13.4. The summed E-state index contributed by atoms with van der Waals surface area (Å²) in [6.07, 6.45) is 2.41. The topological polar surface area (TPSA) is 92.3 Å². The smallest absolute Gasteiger partial charge is 0.237 e. The van der Waals surface area contributed by atoms with Crippen molar-refractivity contribution in [2.75, 3.05) is 10.2 Å². The summed E-state index contributed by atoms with van der Waals surface area (Å²) in [4.78, 5) is 37.9. The minimum Gasteiger partial charge on any atom is -0.325 e. The predicted molar refractivity (Wildman–Crippen MR) is 111 cm³/mol. The third-order valence-corrected chi connectivity index (χ3v) is 6.38. The van der Waals surface area contributed by atoms with Crippen LogP contribution in [0.3, 0.4) is 0 Å². The maximum Gasteiger partial charge on any atom is 0.237 e. The van der Waals surface area contributed by atoms with Gasteiger partial charge in [-0.2, -0.15) is 0 Å². The van der Waals surface area contributed by atoms with Crippen LogP contribution in [0.15, 0.2) is 28.6 Å². The third kappa shape index (κ3) is 4.96. The Balaban J connectivity index is 1.63. The molecule has 7 nitrogen and oxygen atoms in total. The molecule has 2 amide bonds. The molecule has 0 saturated heterocycles. The average molecular weight is 419 g/mol. The Morgan fingerprint density at radius 1 is 1.32 bits per heavy atom. The van der Waals surface area contributed by atoms with E-state index in [4.69, 9.17) is 0 Å². The fourth-order valence-corrected chi connectivity index (χ4v) is 4.66. The summed E-state index contributed by atoms with van der Waals surface area (Å²) >= 11 is 2.63. The highest BCUT2D eigenvalue weighted by atomic mass is 32.2. The molecule has 148 valence electrons. The number of nitrogens with one attached hydrogen (secondary N) is 1. The van der Waals surface area contributed by atoms with Crippen molar-refractivity contribution in [3.8, 4) is 0 Å². The van der Waals surface area contributed by atoms with E-state index in [0.29, 0.717) is 27.1 Å². The summed E-state index contributed by atoms with van der Waals surface area (Å²) in [6, 6.07) is 7.08. The minimum atomic E-state index is -0.405. The van der Waals surface area contributed by atoms with Gasteiger partial charge >= 0.3 is 0 Å². The Morgan fingerprint density at radius 2 is 2.07 bits per heavy atom. The fourth-order valence-electron chi connectivity index (χ4n) is 2.58. The van der Waals surface area contributed by atoms with Gasteiger partial charge in [0.2, 0.25) is 16.9 Å². The van der Waals surface area contributed by atoms with E-state index in [9.17, 15) is 14.4 Å². The predicted octanol–water partition coefficient (Wildman–Crippen LogP) is 3.77. The number of benzene rings is 1. The number of hydrogen-bond donors (Lipinski definition) is 1. The van der Waals surface area contributed by atoms with E-state index in [-0.39, 0.29) is 23.6 Å². The molecule has 0 unspecified atom stereocenters. The van der Waals surface area contributed by atoms with Crippen LogP contribution < -0.4 is 10.2 Å². The number of carbonyl (C=O) groups is 3. The van der Waals surface area contributed by atoms with Crippen LogP contribution in [-0.2, 0) is 9.59 Å². The van der Waals surface area contributed by atoms with Crippen LogP contribution in [0.4, 0.5) is 10.8 Å². The molecule has 1 aliphatic carbocycles. The molecule has 1 fully saturated rings. The summed E-state index contributed by atoms with van der Waals surface area (Å²) in [5.74, 6) is -0.195. The van der Waals surface area contributed by atoms with Gasteiger partial charge in [0.25, 0.3) is 0 Å². The van der Waals surface area contributed by atoms with Crippen LogP contribution >= 0.6 is 23.1 Å². The molecule has 1 N–H and O–H groups in total. The van der Waals surface area contributed by atoms with E-state index >= 15 is 0 Å². The van der Waals surface area contributed by atoms with E-state index in [1.165, 1.54) is 30.0 Å². The van der Waals surface area contributed by atoms with Crippen molar-refractivity contribution in [3.05, 3.63) is 29.8 Å². The van der Waals surface area contributed by atoms with Crippen LogP contribution in [-0.4, -0.2) is 39.1 Å². The van der Waals surface area contributed by atoms with Crippen molar-refractivity contribution in [2.45, 2.75) is 55.7 Å². The maximum absolute atomic E-state index is 12.5. The highest BCUT2D eigenvalue weighted by Crippen LogP contribution is 2.37. The van der Waals surface area contributed by atoms with Crippen molar-refractivity contribution in [3.63, 3.8) is 0 Å². The quantitative estimate of drug-likeness (QED) is 0.399. The lowest BCUT2D eigenvalue weighted by Crippen LogP contribution is -2.32. The zero-order chi connectivity index (χ0) is 20.3. The summed E-state index contributed by atoms with van der Waals surface area (Å²) in [6.45, 7) is 5.11. The number of carbonyl (C=O) groups excluding carboxylic acids is 3. The zero-order valence-corrected chi connectivity index (χ0v) is 17.6. The Kier molecular flexibility index (Phi) is 6.46. The summed E-state index contributed by atoms with van der Waals surface area (Å²) in [5, 5.41) is 11.3. The molecule has 0 bridgehead atoms. The molecule has 1 heterocycles. The Labute approximate surface area is 171 Å². The average Bonchev–Trinajstić information content (AvgIpc) is 3.40. The van der Waals surface area contributed by atoms with Crippen LogP contribution in [0, 0.1) is 0 Å². The lowest BCUT2D eigenvalue weighted by molar-refractivity contribution is -0.118. The Bertz CT molecular complexity index is 895. The van der Waals surface area contributed by atoms with Crippen LogP contribution in [0.1, 0.15) is 50.4 Å². The molecule has 1 saturated carbocycles. The first-order valence-electron chi connectivity index (χ1n) is 9.13. The van der Waals surface area contributed by atoms with Gasteiger partial charge in [0, 0.05) is 23.7 Å². The van der Waals surface area contributed by atoms with Gasteiger partial charge in [-0.25, -0.2) is 0 Å². The fraction of sp³-hybridized carbons (Fsp3) is 0.421. The Morgan fingerprint density at radius 3 is 2.71 bits per heavy atom. The van der Waals surface area contributed by atoms with E-state index in [0.717, 1.165) is 12.8 Å². The van der Waals surface area contributed by atoms with Crippen molar-refractivity contribution < 1.29 is 14.4 Å². The molecule has 1 atom stereocenters. The number of amides is 2. The van der Waals surface area contributed by atoms with Gasteiger partial charge in [0.05, 0.1) is 5.25 Å². The number of Topliss-reactive ketones (excluding diaryl/α,β-unsaturated/α-hetero) is 1. The molecule has 0 radical (unpaired) electrons. The standard InChI is InChI=1S/C19H22N4O3S2/c1-4-16(25)23(15-8-9-15)18-21-22-19(28-18)27-12(3)17(26)20-14-7-5-6-13(10-14)11(2)24/h5-7,10,12,15H,4,8-9H2,1-3H3,(H,20,26)/t12-/m0/s1. The van der Waals surface area contributed by atoms with E-state index in [1.54, 1.807) is 36.1 Å². The lowest BCUT2D eigenvalue weighted by atomic mass is 10.1. The summed E-state index contributed by atoms with van der Waals surface area (Å²) in [5.41, 5.74) is 1.13. The number of thioether (sulfide) groups is 1. The minimum absolute atomic E-state index is 0.0475. The number of rotatable bonds is 8. The van der Waals surface area contributed by atoms with Crippen molar-refractivity contribution >= 4 is 51.5 Å². The molecule has 3 rings (SSSR count). The van der Waals surface area contributed by atoms with Crippen LogP contribution in [0.5, 0.6) is 0 Å². The van der Waals surface area contributed by atoms with Gasteiger partial charge in [-0.1, -0.05) is 42.2 Å². The molecule has 1 aromatic carbocycles. The maximum atomic E-state index is 12.5. The second-order valence-corrected chi connectivity index (χ2v) is 9.13. The second-order valence-electron chi connectivity index (χ2n) is 6.59. The number of aromatic nitrogens is 2. The van der Waals surface area contributed by atoms with Crippen LogP contribution in [0.2, 0.25) is 0 Å². The molecule has 28 heavy (non-hydrogen) atoms. The second kappa shape index (κ2) is 8.83. The number of hydrogen-bond acceptors (Lipinski definition) is 7. The first kappa shape index (κ1) is 20.5. The highest BCUT2D eigenvalue weighted by Gasteiger charge is 2.35. The van der Waals surface area contributed by atoms with Crippen molar-refractivity contribution in [1.82, 2.24) is 10.2 Å². The molecular formula is C19H22N4O3S2. The Hall–Kier alpha value is -2.26. The number of nitrogens with zero attached hydrogens (tertiary/aromatic N) is 3. The van der Waals surface area contributed by atoms with Gasteiger partial charge in [-0.05, 0) is 38.8 Å². The highest BCUT2D eigenvalue weighted by molar-refractivity contribution is 8.02. The van der Waals surface area contributed by atoms with Crippen molar-refractivity contribution in [1.29, 1.82) is 0 Å². The molecule has 1 aliphatic rings. The normalized spacial score (nSPS) is 14.4. The van der Waals surface area contributed by atoms with Gasteiger partial charge in [0.1, 0.15) is 0 Å². The monoisotopic (exact) mass is 418 g/mol. The van der Waals surface area contributed by atoms with E-state index in [2.05, 4.69) is 15.5 Å². The largest absolute Gasteiger partial charge is 0.325 e. The third-order valence-electron chi connectivity index (χ3n) is 4.27. The SMILES string of the molecule is CCC(=O)N(c1nnc(S[C@@H](C)C(=O)Nc2cccc(C(C)=O)c2)s1)C1CC1. The molecule has 0 aliphatic heterocycles. The van der Waals surface area contributed by atoms with Crippen LogP contribution in [0.25, 0.3) is 0 Å². The molecule has 0 spiro atoms. The molecule has 1 aromatic heterocycles. The van der Waals surface area contributed by atoms with Gasteiger partial charge in [0.15, 0.2) is 10.1 Å². The molecule has 9 heteroatoms. The molecular weight excluding hydrogens is 396 g/mol. The van der Waals surface area contributed by atoms with Crippen molar-refractivity contribution in [2.24, 2.45) is 0 Å². The summed E-state index contributed by atoms with van der Waals surface area (Å²) in [7, 11) is 0. The van der Waals surface area contributed by atoms with Gasteiger partial charge in [-0.15, -0.1) is 10.2 Å². The molecule has 2 aromatic rings. The number of ketones is 1. The van der Waals surface area contributed by atoms with Gasteiger partial charge in [-0.3, -0.25) is 19.3 Å². The zero-order valence-electron chi connectivity index (χ0n) is 16.0. The first-order valence-corrected chi connectivity index (χ1v) is 10.8.